The highest BCUT2D eigenvalue weighted by Gasteiger charge is 2.77. The highest BCUT2D eigenvalue weighted by atomic mass is 35.5. The molecule has 0 saturated carbocycles. The number of aryl methyl sites for hydroxylation is 1. The highest BCUT2D eigenvalue weighted by Crippen LogP contribution is 2.57. The van der Waals surface area contributed by atoms with Crippen LogP contribution in [0.1, 0.15) is 50.7 Å². The average Bonchev–Trinajstić information content (AvgIpc) is 3.31. The second-order valence-corrected chi connectivity index (χ2v) is 15.1. The predicted octanol–water partition coefficient (Wildman–Crippen LogP) is 3.88. The van der Waals surface area contributed by atoms with Crippen molar-refractivity contribution in [3.63, 3.8) is 0 Å². The molecule has 6 rings (SSSR count). The van der Waals surface area contributed by atoms with Crippen LogP contribution in [-0.4, -0.2) is 106 Å². The monoisotopic (exact) mass is 676 g/mol. The average molecular weight is 677 g/mol. The molecule has 0 radical (unpaired) electrons. The van der Waals surface area contributed by atoms with Crippen LogP contribution in [0.3, 0.4) is 0 Å². The molecule has 11 nitrogen and oxygen atoms in total. The lowest BCUT2D eigenvalue weighted by molar-refractivity contribution is -0.293. The van der Waals surface area contributed by atoms with Crippen molar-refractivity contribution in [1.82, 2.24) is 14.4 Å². The van der Waals surface area contributed by atoms with E-state index in [-0.39, 0.29) is 16.3 Å². The fourth-order valence-electron chi connectivity index (χ4n) is 8.19. The molecule has 3 fully saturated rings. The van der Waals surface area contributed by atoms with Gasteiger partial charge in [-0.3, -0.25) is 9.69 Å². The van der Waals surface area contributed by atoms with Gasteiger partial charge in [0.25, 0.3) is 5.72 Å². The van der Waals surface area contributed by atoms with Gasteiger partial charge in [-0.2, -0.15) is 4.84 Å². The lowest BCUT2D eigenvalue weighted by Gasteiger charge is -2.50. The molecule has 3 unspecified atom stereocenters. The van der Waals surface area contributed by atoms with Crippen LogP contribution < -0.4 is 9.38 Å². The number of halogens is 1. The number of nitrogens with zero attached hydrogens (tertiary/aromatic N) is 3. The molecule has 3 N–H and O–H groups in total. The first-order valence-electron chi connectivity index (χ1n) is 15.6. The quantitative estimate of drug-likeness (QED) is 0.278. The minimum atomic E-state index is -2.60. The van der Waals surface area contributed by atoms with Crippen molar-refractivity contribution >= 4 is 41.0 Å². The summed E-state index contributed by atoms with van der Waals surface area (Å²) in [5.74, 6) is -1.70. The molecular formula is C33H43ClN3O8S+. The van der Waals surface area contributed by atoms with Gasteiger partial charge in [-0.15, -0.1) is 16.4 Å². The lowest BCUT2D eigenvalue weighted by Crippen LogP contribution is -2.67. The molecule has 2 aromatic rings. The maximum atomic E-state index is 12.7. The first-order chi connectivity index (χ1) is 21.7. The van der Waals surface area contributed by atoms with Gasteiger partial charge in [0.05, 0.1) is 19.2 Å². The topological polar surface area (TPSA) is 129 Å². The van der Waals surface area contributed by atoms with E-state index in [0.717, 1.165) is 43.3 Å². The molecule has 4 aliphatic rings. The molecule has 8 atom stereocenters. The molecule has 4 aliphatic heterocycles. The number of carbonyl (C=O) groups is 2. The third-order valence-corrected chi connectivity index (χ3v) is 12.1. The number of aliphatic hydroxyl groups is 2. The van der Waals surface area contributed by atoms with Gasteiger partial charge >= 0.3 is 11.9 Å². The Morgan fingerprint density at radius 3 is 2.39 bits per heavy atom. The summed E-state index contributed by atoms with van der Waals surface area (Å²) in [6.07, 6.45) is 0.857. The van der Waals surface area contributed by atoms with Crippen LogP contribution in [0.25, 0.3) is 0 Å². The maximum absolute atomic E-state index is 12.7. The van der Waals surface area contributed by atoms with Crippen molar-refractivity contribution in [1.29, 1.82) is 0 Å². The Kier molecular flexibility index (Phi) is 8.68. The second-order valence-electron chi connectivity index (χ2n) is 13.3. The van der Waals surface area contributed by atoms with Crippen molar-refractivity contribution < 1.29 is 39.2 Å². The number of carbonyl (C=O) groups excluding carboxylic acids is 1. The fourth-order valence-corrected chi connectivity index (χ4v) is 9.94. The minimum Gasteiger partial charge on any atom is -0.497 e. The van der Waals surface area contributed by atoms with E-state index in [9.17, 15) is 24.9 Å². The van der Waals surface area contributed by atoms with Crippen molar-refractivity contribution in [2.24, 2.45) is 0 Å². The summed E-state index contributed by atoms with van der Waals surface area (Å²) in [5, 5.41) is 35.1. The van der Waals surface area contributed by atoms with Gasteiger partial charge < -0.3 is 24.8 Å². The van der Waals surface area contributed by atoms with Gasteiger partial charge in [-0.25, -0.2) is 9.69 Å². The van der Waals surface area contributed by atoms with Crippen LogP contribution >= 0.6 is 23.4 Å². The van der Waals surface area contributed by atoms with Gasteiger partial charge in [-0.1, -0.05) is 11.6 Å². The minimum absolute atomic E-state index is 0.186. The Hall–Kier alpha value is -2.42. The third-order valence-electron chi connectivity index (χ3n) is 10.6. The van der Waals surface area contributed by atoms with E-state index < -0.39 is 35.6 Å². The molecule has 250 valence electrons. The number of thioether (sulfide) groups is 1. The number of hydrogen-bond acceptors (Lipinski definition) is 10. The molecular weight excluding hydrogens is 634 g/mol. The summed E-state index contributed by atoms with van der Waals surface area (Å²) < 4.78 is 10.4. The van der Waals surface area contributed by atoms with E-state index in [1.54, 1.807) is 26.2 Å². The van der Waals surface area contributed by atoms with E-state index in [2.05, 4.69) is 24.0 Å². The summed E-state index contributed by atoms with van der Waals surface area (Å²) in [6, 6.07) is 12.3. The summed E-state index contributed by atoms with van der Waals surface area (Å²) >= 11 is 8.85. The lowest BCUT2D eigenvalue weighted by atomic mass is 9.82. The smallest absolute Gasteiger partial charge is 0.367 e. The summed E-state index contributed by atoms with van der Waals surface area (Å²) in [5.41, 5.74) is -3.48. The number of aliphatic hydroxyl groups excluding tert-OH is 1. The van der Waals surface area contributed by atoms with E-state index >= 15 is 0 Å². The summed E-state index contributed by atoms with van der Waals surface area (Å²) in [7, 11) is 4.89. The number of ether oxygens (including phenoxy) is 2. The SMILES string of the molecule is COc1ccc(SC2CC3CCC(C2)N3CC(C)[N@+]2(C)O[C@H]3N(C)[C@@](OC(C)=O)(C(=O)O)[C@@H](O)[C@]3(O)c3cc(C)cc(Cl)c32)cc1. The number of esters is 1. The Balaban J connectivity index is 1.30. The van der Waals surface area contributed by atoms with E-state index in [0.29, 0.717) is 40.2 Å². The molecule has 2 bridgehead atoms. The number of likely N-dealkylation sites (tertiary alicyclic amines) is 1. The number of piperidine rings is 1. The van der Waals surface area contributed by atoms with Gasteiger partial charge in [0.15, 0.2) is 17.4 Å². The second kappa shape index (κ2) is 11.9. The molecule has 0 aromatic heterocycles. The first kappa shape index (κ1) is 33.5. The Morgan fingerprint density at radius 2 is 1.83 bits per heavy atom. The number of hydrogen-bond donors (Lipinski definition) is 3. The van der Waals surface area contributed by atoms with Crippen LogP contribution in [0.4, 0.5) is 5.69 Å². The number of carboxylic acid groups (broad SMARTS) is 1. The third kappa shape index (κ3) is 5.04. The Morgan fingerprint density at radius 1 is 1.20 bits per heavy atom. The predicted molar refractivity (Wildman–Crippen MR) is 173 cm³/mol. The summed E-state index contributed by atoms with van der Waals surface area (Å²) in [6.45, 7) is 5.59. The Bertz CT molecular complexity index is 1520. The zero-order chi connectivity index (χ0) is 33.3. The number of fused-ring (bicyclic) bond motifs is 5. The van der Waals surface area contributed by atoms with Crippen molar-refractivity contribution in [3.05, 3.63) is 52.5 Å². The molecule has 2 aromatic carbocycles. The van der Waals surface area contributed by atoms with Crippen LogP contribution in [0.5, 0.6) is 5.75 Å². The molecule has 4 heterocycles. The first-order valence-corrected chi connectivity index (χ1v) is 16.9. The molecule has 46 heavy (non-hydrogen) atoms. The molecule has 0 amide bonds. The standard InChI is InChI=1S/C33H42ClN3O8S/c1-18-13-26-28(27(34)14-18)37(5,45-30-32(26,42)29(39)33(31(40)41,35(30)4)44-20(3)38)19(2)17-36-21-7-8-22(36)16-25(15-21)46-24-11-9-23(43-6)10-12-24/h9-14,19,21-22,25,29-30,39,42H,7-8,15-17H2,1-6H3/p+1/t19?,21?,22?,25?,29-,30+,32+,33-,37-/m0/s1. The number of quaternary nitrogens is 1. The van der Waals surface area contributed by atoms with Crippen LogP contribution in [-0.2, 0) is 24.8 Å². The van der Waals surface area contributed by atoms with E-state index in [1.807, 2.05) is 30.9 Å². The number of aliphatic carboxylic acids is 1. The van der Waals surface area contributed by atoms with Crippen molar-refractivity contribution in [2.45, 2.75) is 98.4 Å². The van der Waals surface area contributed by atoms with Gasteiger partial charge in [-0.05, 0) is 88.5 Å². The molecule has 0 spiro atoms. The normalized spacial score (nSPS) is 36.2. The van der Waals surface area contributed by atoms with Gasteiger partial charge in [0.1, 0.15) is 23.9 Å². The molecule has 13 heteroatoms. The number of benzene rings is 2. The van der Waals surface area contributed by atoms with Crippen LogP contribution in [0, 0.1) is 6.92 Å². The fraction of sp³-hybridized carbons (Fsp3) is 0.576. The molecule has 3 saturated heterocycles. The number of methoxy groups -OCH3 is 1. The van der Waals surface area contributed by atoms with E-state index in [1.165, 1.54) is 11.9 Å². The van der Waals surface area contributed by atoms with Crippen molar-refractivity contribution in [3.8, 4) is 5.75 Å². The Labute approximate surface area is 278 Å². The number of hydroxylamine groups is 2. The summed E-state index contributed by atoms with van der Waals surface area (Å²) in [4.78, 5) is 36.5. The van der Waals surface area contributed by atoms with Crippen LogP contribution in [0.15, 0.2) is 41.3 Å². The number of rotatable bonds is 8. The van der Waals surface area contributed by atoms with Gasteiger partial charge in [0.2, 0.25) is 6.23 Å². The molecule has 0 aliphatic carbocycles. The zero-order valence-corrected chi connectivity index (χ0v) is 28.5. The van der Waals surface area contributed by atoms with E-state index in [4.69, 9.17) is 25.9 Å². The largest absolute Gasteiger partial charge is 0.497 e. The van der Waals surface area contributed by atoms with Crippen LogP contribution in [0.2, 0.25) is 5.02 Å². The number of carboxylic acids is 1. The van der Waals surface area contributed by atoms with Gasteiger partial charge in [0, 0.05) is 29.2 Å². The number of likely N-dealkylation sites (N-methyl/N-ethyl adjacent to an activating group) is 2. The zero-order valence-electron chi connectivity index (χ0n) is 27.0. The van der Waals surface area contributed by atoms with Crippen molar-refractivity contribution in [2.75, 3.05) is 27.7 Å². The highest BCUT2D eigenvalue weighted by molar-refractivity contribution is 8.00. The maximum Gasteiger partial charge on any atom is 0.367 e.